The average molecular weight is 336 g/mol. The molecule has 0 radical (unpaired) electrons. The Morgan fingerprint density at radius 1 is 1.50 bits per heavy atom. The molecule has 0 bridgehead atoms. The first-order valence-electron chi connectivity index (χ1n) is 7.48. The number of benzene rings is 1. The van der Waals surface area contributed by atoms with Crippen molar-refractivity contribution in [1.82, 2.24) is 19.7 Å². The topological polar surface area (TPSA) is 80.5 Å². The van der Waals surface area contributed by atoms with E-state index in [-0.39, 0.29) is 12.4 Å². The van der Waals surface area contributed by atoms with E-state index in [9.17, 15) is 14.3 Å². The van der Waals surface area contributed by atoms with Crippen LogP contribution in [0.3, 0.4) is 0 Å². The van der Waals surface area contributed by atoms with Crippen LogP contribution < -0.4 is 0 Å². The molecule has 1 atom stereocenters. The van der Waals surface area contributed by atoms with Crippen molar-refractivity contribution >= 4 is 5.97 Å². The van der Waals surface area contributed by atoms with Crippen LogP contribution >= 0.6 is 0 Å². The number of rotatable bonds is 8. The summed E-state index contributed by atoms with van der Waals surface area (Å²) < 4.78 is 20.3. The van der Waals surface area contributed by atoms with Crippen LogP contribution in [0.15, 0.2) is 24.5 Å². The van der Waals surface area contributed by atoms with E-state index < -0.39 is 12.0 Å². The van der Waals surface area contributed by atoms with Crippen LogP contribution in [0.4, 0.5) is 4.39 Å². The Labute approximate surface area is 139 Å². The van der Waals surface area contributed by atoms with E-state index in [1.165, 1.54) is 12.1 Å². The molecule has 1 aromatic carbocycles. The first-order chi connectivity index (χ1) is 11.4. The number of likely N-dealkylation sites (N-methyl/N-ethyl adjacent to an activating group) is 1. The lowest BCUT2D eigenvalue weighted by atomic mass is 10.0. The molecule has 0 aliphatic heterocycles. The van der Waals surface area contributed by atoms with Gasteiger partial charge < -0.3 is 14.4 Å². The molecular weight excluding hydrogens is 315 g/mol. The predicted molar refractivity (Wildman–Crippen MR) is 84.9 cm³/mol. The zero-order valence-electron chi connectivity index (χ0n) is 13.9. The van der Waals surface area contributed by atoms with Crippen LogP contribution in [-0.2, 0) is 22.6 Å². The first-order valence-corrected chi connectivity index (χ1v) is 7.48. The van der Waals surface area contributed by atoms with Crippen molar-refractivity contribution in [3.05, 3.63) is 47.3 Å². The van der Waals surface area contributed by atoms with Crippen LogP contribution in [0.5, 0.6) is 0 Å². The van der Waals surface area contributed by atoms with Gasteiger partial charge in [-0.3, -0.25) is 9.69 Å². The number of aromatic nitrogens is 3. The van der Waals surface area contributed by atoms with Crippen molar-refractivity contribution < 1.29 is 19.0 Å². The van der Waals surface area contributed by atoms with Gasteiger partial charge in [-0.15, -0.1) is 10.2 Å². The highest BCUT2D eigenvalue weighted by atomic mass is 19.1. The lowest BCUT2D eigenvalue weighted by Gasteiger charge is -2.25. The third kappa shape index (κ3) is 4.15. The SMILES string of the molecule is COCCn1cnnc1CN(C)C(C(=O)O)c1ccc(F)c(C)c1. The summed E-state index contributed by atoms with van der Waals surface area (Å²) >= 11 is 0. The van der Waals surface area contributed by atoms with E-state index in [1.807, 2.05) is 4.57 Å². The van der Waals surface area contributed by atoms with Crippen molar-refractivity contribution in [3.8, 4) is 0 Å². The van der Waals surface area contributed by atoms with Gasteiger partial charge in [0, 0.05) is 13.7 Å². The third-order valence-corrected chi connectivity index (χ3v) is 3.80. The summed E-state index contributed by atoms with van der Waals surface area (Å²) in [5.74, 6) is -0.726. The van der Waals surface area contributed by atoms with Gasteiger partial charge in [-0.1, -0.05) is 12.1 Å². The van der Waals surface area contributed by atoms with E-state index in [4.69, 9.17) is 4.74 Å². The molecule has 2 rings (SSSR count). The number of aliphatic carboxylic acids is 1. The highest BCUT2D eigenvalue weighted by Gasteiger charge is 2.26. The van der Waals surface area contributed by atoms with Gasteiger partial charge in [0.25, 0.3) is 0 Å². The molecule has 24 heavy (non-hydrogen) atoms. The molecule has 0 amide bonds. The van der Waals surface area contributed by atoms with Crippen molar-refractivity contribution in [1.29, 1.82) is 0 Å². The Balaban J connectivity index is 2.20. The molecule has 7 nitrogen and oxygen atoms in total. The molecule has 1 N–H and O–H groups in total. The highest BCUT2D eigenvalue weighted by Crippen LogP contribution is 2.23. The fraction of sp³-hybridized carbons (Fsp3) is 0.438. The van der Waals surface area contributed by atoms with Gasteiger partial charge in [0.15, 0.2) is 0 Å². The van der Waals surface area contributed by atoms with Gasteiger partial charge in [-0.2, -0.15) is 0 Å². The maximum Gasteiger partial charge on any atom is 0.325 e. The molecule has 8 heteroatoms. The number of ether oxygens (including phenoxy) is 1. The molecule has 1 aromatic heterocycles. The van der Waals surface area contributed by atoms with E-state index in [1.54, 1.807) is 38.4 Å². The van der Waals surface area contributed by atoms with Crippen molar-refractivity contribution in [2.24, 2.45) is 0 Å². The van der Waals surface area contributed by atoms with Gasteiger partial charge in [0.05, 0.1) is 13.2 Å². The van der Waals surface area contributed by atoms with Gasteiger partial charge in [-0.25, -0.2) is 4.39 Å². The Kier molecular flexibility index (Phi) is 5.99. The van der Waals surface area contributed by atoms with Gasteiger partial charge >= 0.3 is 5.97 Å². The number of halogens is 1. The first kappa shape index (κ1) is 18.0. The minimum absolute atomic E-state index is 0.289. The summed E-state index contributed by atoms with van der Waals surface area (Å²) in [6.45, 7) is 2.99. The molecule has 1 unspecified atom stereocenters. The molecule has 0 spiro atoms. The lowest BCUT2D eigenvalue weighted by Crippen LogP contribution is -2.31. The van der Waals surface area contributed by atoms with Crippen LogP contribution in [0, 0.1) is 12.7 Å². The van der Waals surface area contributed by atoms with E-state index >= 15 is 0 Å². The number of methoxy groups -OCH3 is 1. The number of nitrogens with zero attached hydrogens (tertiary/aromatic N) is 4. The largest absolute Gasteiger partial charge is 0.480 e. The molecule has 1 heterocycles. The number of hydrogen-bond donors (Lipinski definition) is 1. The van der Waals surface area contributed by atoms with Gasteiger partial charge in [0.1, 0.15) is 24.0 Å². The highest BCUT2D eigenvalue weighted by molar-refractivity contribution is 5.75. The summed E-state index contributed by atoms with van der Waals surface area (Å²) in [5.41, 5.74) is 0.933. The Morgan fingerprint density at radius 2 is 2.25 bits per heavy atom. The second-order valence-corrected chi connectivity index (χ2v) is 5.60. The number of carboxylic acids is 1. The van der Waals surface area contributed by atoms with Gasteiger partial charge in [0.2, 0.25) is 0 Å². The lowest BCUT2D eigenvalue weighted by molar-refractivity contribution is -0.143. The zero-order valence-corrected chi connectivity index (χ0v) is 13.9. The molecule has 2 aromatic rings. The Morgan fingerprint density at radius 3 is 2.88 bits per heavy atom. The van der Waals surface area contributed by atoms with E-state index in [0.717, 1.165) is 0 Å². The molecule has 0 saturated heterocycles. The second-order valence-electron chi connectivity index (χ2n) is 5.60. The molecule has 0 fully saturated rings. The summed E-state index contributed by atoms with van der Waals surface area (Å²) in [6.07, 6.45) is 1.58. The number of carbonyl (C=O) groups is 1. The molecule has 0 aliphatic carbocycles. The number of carboxylic acid groups (broad SMARTS) is 1. The number of aryl methyl sites for hydroxylation is 1. The minimum atomic E-state index is -1.01. The van der Waals surface area contributed by atoms with Crippen LogP contribution in [-0.4, -0.2) is 51.5 Å². The maximum absolute atomic E-state index is 13.4. The summed E-state index contributed by atoms with van der Waals surface area (Å²) in [6, 6.07) is 3.43. The standard InChI is InChI=1S/C16H21FN4O3/c1-11-8-12(4-5-13(11)17)15(16(22)23)20(2)9-14-19-18-10-21(14)6-7-24-3/h4-5,8,10,15H,6-7,9H2,1-3H3,(H,22,23). The fourth-order valence-electron chi connectivity index (χ4n) is 2.52. The van der Waals surface area contributed by atoms with Crippen molar-refractivity contribution in [2.75, 3.05) is 20.8 Å². The summed E-state index contributed by atoms with van der Waals surface area (Å²) in [5, 5.41) is 17.5. The zero-order chi connectivity index (χ0) is 17.7. The van der Waals surface area contributed by atoms with Crippen LogP contribution in [0.1, 0.15) is 23.0 Å². The third-order valence-electron chi connectivity index (χ3n) is 3.80. The van der Waals surface area contributed by atoms with E-state index in [0.29, 0.717) is 30.1 Å². The smallest absolute Gasteiger partial charge is 0.325 e. The predicted octanol–water partition coefficient (Wildman–Crippen LogP) is 1.63. The average Bonchev–Trinajstić information content (AvgIpc) is 2.95. The van der Waals surface area contributed by atoms with Crippen molar-refractivity contribution in [3.63, 3.8) is 0 Å². The summed E-state index contributed by atoms with van der Waals surface area (Å²) in [7, 11) is 3.29. The van der Waals surface area contributed by atoms with E-state index in [2.05, 4.69) is 10.2 Å². The molecule has 0 aliphatic rings. The second kappa shape index (κ2) is 7.98. The molecule has 0 saturated carbocycles. The van der Waals surface area contributed by atoms with Crippen LogP contribution in [0.25, 0.3) is 0 Å². The normalized spacial score (nSPS) is 12.5. The molecular formula is C16H21FN4O3. The Bertz CT molecular complexity index is 704. The van der Waals surface area contributed by atoms with Crippen LogP contribution in [0.2, 0.25) is 0 Å². The quantitative estimate of drug-likeness (QED) is 0.789. The minimum Gasteiger partial charge on any atom is -0.480 e. The monoisotopic (exact) mass is 336 g/mol. The molecule has 130 valence electrons. The Hall–Kier alpha value is -2.32. The number of hydrogen-bond acceptors (Lipinski definition) is 5. The summed E-state index contributed by atoms with van der Waals surface area (Å²) in [4.78, 5) is 13.4. The van der Waals surface area contributed by atoms with Crippen molar-refractivity contribution in [2.45, 2.75) is 26.1 Å². The van der Waals surface area contributed by atoms with Gasteiger partial charge in [-0.05, 0) is 31.2 Å². The maximum atomic E-state index is 13.4. The fourth-order valence-corrected chi connectivity index (χ4v) is 2.52.